The number of nitrogens with zero attached hydrogens (tertiary/aromatic N) is 4. The zero-order chi connectivity index (χ0) is 20.1. The molecule has 0 amide bonds. The largest absolute Gasteiger partial charge is 0.493 e. The van der Waals surface area contributed by atoms with Gasteiger partial charge in [0.1, 0.15) is 5.75 Å². The van der Waals surface area contributed by atoms with Crippen LogP contribution in [0.5, 0.6) is 5.75 Å². The Kier molecular flexibility index (Phi) is 6.15. The van der Waals surface area contributed by atoms with Crippen molar-refractivity contribution in [2.24, 2.45) is 0 Å². The molecule has 4 rings (SSSR count). The third kappa shape index (κ3) is 5.18. The molecule has 0 aliphatic carbocycles. The van der Waals surface area contributed by atoms with E-state index in [4.69, 9.17) is 4.74 Å². The quantitative estimate of drug-likeness (QED) is 0.553. The first-order chi connectivity index (χ1) is 14.2. The average Bonchev–Trinajstić information content (AvgIpc) is 3.39. The fourth-order valence-electron chi connectivity index (χ4n) is 3.86. The van der Waals surface area contributed by atoms with E-state index in [1.54, 1.807) is 0 Å². The first-order valence-corrected chi connectivity index (χ1v) is 10.4. The van der Waals surface area contributed by atoms with Crippen LogP contribution in [-0.2, 0) is 26.1 Å². The minimum atomic E-state index is 0.811. The van der Waals surface area contributed by atoms with Gasteiger partial charge in [-0.25, -0.2) is 4.98 Å². The number of benzene rings is 2. The second-order valence-corrected chi connectivity index (χ2v) is 7.97. The van der Waals surface area contributed by atoms with Crippen molar-refractivity contribution < 1.29 is 4.74 Å². The van der Waals surface area contributed by atoms with Crippen LogP contribution in [0.4, 0.5) is 5.69 Å². The maximum Gasteiger partial charge on any atom is 0.122 e. The third-order valence-corrected chi connectivity index (χ3v) is 5.47. The molecule has 0 unspecified atom stereocenters. The maximum absolute atomic E-state index is 5.66. The number of aryl methyl sites for hydroxylation is 1. The number of imidazole rings is 1. The summed E-state index contributed by atoms with van der Waals surface area (Å²) in [5, 5.41) is 0. The second-order valence-electron chi connectivity index (χ2n) is 7.97. The van der Waals surface area contributed by atoms with E-state index in [1.165, 1.54) is 22.4 Å². The molecule has 5 nitrogen and oxygen atoms in total. The van der Waals surface area contributed by atoms with Gasteiger partial charge in [-0.05, 0) is 41.3 Å². The zero-order valence-corrected chi connectivity index (χ0v) is 17.4. The Morgan fingerprint density at radius 1 is 1.03 bits per heavy atom. The summed E-state index contributed by atoms with van der Waals surface area (Å²) in [6.07, 6.45) is 7.89. The maximum atomic E-state index is 5.66. The first-order valence-electron chi connectivity index (χ1n) is 10.4. The summed E-state index contributed by atoms with van der Waals surface area (Å²) in [5.41, 5.74) is 5.29. The van der Waals surface area contributed by atoms with E-state index >= 15 is 0 Å². The summed E-state index contributed by atoms with van der Waals surface area (Å²) in [6, 6.07) is 15.6. The number of fused-ring (bicyclic) bond motifs is 1. The van der Waals surface area contributed by atoms with Gasteiger partial charge in [0.25, 0.3) is 0 Å². The molecule has 1 aliphatic heterocycles. The van der Waals surface area contributed by atoms with Gasteiger partial charge in [0.05, 0.1) is 12.9 Å². The molecule has 0 bridgehead atoms. The molecule has 0 saturated carbocycles. The van der Waals surface area contributed by atoms with Gasteiger partial charge >= 0.3 is 0 Å². The van der Waals surface area contributed by atoms with Crippen LogP contribution < -0.4 is 9.64 Å². The van der Waals surface area contributed by atoms with Crippen molar-refractivity contribution in [3.05, 3.63) is 77.9 Å². The Morgan fingerprint density at radius 3 is 2.59 bits per heavy atom. The van der Waals surface area contributed by atoms with Crippen molar-refractivity contribution >= 4 is 5.69 Å². The van der Waals surface area contributed by atoms with E-state index in [1.807, 2.05) is 18.7 Å². The summed E-state index contributed by atoms with van der Waals surface area (Å²) < 4.78 is 7.81. The van der Waals surface area contributed by atoms with Gasteiger partial charge in [-0.1, -0.05) is 24.3 Å². The van der Waals surface area contributed by atoms with Crippen LogP contribution in [0, 0.1) is 0 Å². The molecular weight excluding hydrogens is 360 g/mol. The molecule has 29 heavy (non-hydrogen) atoms. The lowest BCUT2D eigenvalue weighted by atomic mass is 10.1. The van der Waals surface area contributed by atoms with Crippen LogP contribution in [0.3, 0.4) is 0 Å². The summed E-state index contributed by atoms with van der Waals surface area (Å²) in [6.45, 7) is 4.75. The number of hydrogen-bond donors (Lipinski definition) is 0. The number of ether oxygens (including phenoxy) is 1. The third-order valence-electron chi connectivity index (χ3n) is 5.47. The number of hydrogen-bond acceptors (Lipinski definition) is 4. The minimum absolute atomic E-state index is 0.811. The van der Waals surface area contributed by atoms with E-state index in [0.717, 1.165) is 51.4 Å². The van der Waals surface area contributed by atoms with Gasteiger partial charge in [0, 0.05) is 64.8 Å². The molecule has 0 fully saturated rings. The van der Waals surface area contributed by atoms with Crippen LogP contribution in [-0.4, -0.2) is 41.7 Å². The summed E-state index contributed by atoms with van der Waals surface area (Å²) in [4.78, 5) is 8.82. The SMILES string of the molecule is CN(C)c1ccc(CN(CCCn2ccnc2)Cc2ccc3c(c2)CCO3)cc1. The Hall–Kier alpha value is -2.79. The van der Waals surface area contributed by atoms with Crippen LogP contribution in [0.25, 0.3) is 0 Å². The minimum Gasteiger partial charge on any atom is -0.493 e. The smallest absolute Gasteiger partial charge is 0.122 e. The Bertz CT molecular complexity index is 903. The van der Waals surface area contributed by atoms with Crippen molar-refractivity contribution in [2.75, 3.05) is 32.1 Å². The van der Waals surface area contributed by atoms with Crippen LogP contribution in [0.2, 0.25) is 0 Å². The average molecular weight is 391 g/mol. The van der Waals surface area contributed by atoms with Gasteiger partial charge in [-0.15, -0.1) is 0 Å². The fraction of sp³-hybridized carbons (Fsp3) is 0.375. The molecule has 2 heterocycles. The van der Waals surface area contributed by atoms with Crippen molar-refractivity contribution in [3.8, 4) is 5.75 Å². The molecule has 5 heteroatoms. The predicted molar refractivity (Wildman–Crippen MR) is 117 cm³/mol. The molecule has 0 atom stereocenters. The van der Waals surface area contributed by atoms with Crippen LogP contribution >= 0.6 is 0 Å². The molecule has 0 saturated heterocycles. The van der Waals surface area contributed by atoms with E-state index in [0.29, 0.717) is 0 Å². The van der Waals surface area contributed by atoms with E-state index in [-0.39, 0.29) is 0 Å². The van der Waals surface area contributed by atoms with E-state index in [2.05, 4.69) is 75.9 Å². The highest BCUT2D eigenvalue weighted by molar-refractivity contribution is 5.46. The Labute approximate surface area is 173 Å². The van der Waals surface area contributed by atoms with E-state index < -0.39 is 0 Å². The fourth-order valence-corrected chi connectivity index (χ4v) is 3.86. The number of aromatic nitrogens is 2. The van der Waals surface area contributed by atoms with Crippen molar-refractivity contribution in [1.29, 1.82) is 0 Å². The summed E-state index contributed by atoms with van der Waals surface area (Å²) in [7, 11) is 4.16. The monoisotopic (exact) mass is 390 g/mol. The van der Waals surface area contributed by atoms with Gasteiger partial charge in [-0.3, -0.25) is 4.90 Å². The molecule has 2 aromatic carbocycles. The lowest BCUT2D eigenvalue weighted by molar-refractivity contribution is 0.248. The van der Waals surface area contributed by atoms with Gasteiger partial charge in [0.15, 0.2) is 0 Å². The molecule has 152 valence electrons. The second kappa shape index (κ2) is 9.14. The molecule has 0 spiro atoms. The van der Waals surface area contributed by atoms with Crippen molar-refractivity contribution in [2.45, 2.75) is 32.5 Å². The molecule has 1 aliphatic rings. The number of rotatable bonds is 9. The van der Waals surface area contributed by atoms with Gasteiger partial charge in [-0.2, -0.15) is 0 Å². The predicted octanol–water partition coefficient (Wildman–Crippen LogP) is 3.98. The lowest BCUT2D eigenvalue weighted by Gasteiger charge is -2.23. The Balaban J connectivity index is 1.43. The van der Waals surface area contributed by atoms with E-state index in [9.17, 15) is 0 Å². The van der Waals surface area contributed by atoms with Crippen molar-refractivity contribution in [3.63, 3.8) is 0 Å². The van der Waals surface area contributed by atoms with Crippen molar-refractivity contribution in [1.82, 2.24) is 14.5 Å². The summed E-state index contributed by atoms with van der Waals surface area (Å²) in [5.74, 6) is 1.06. The highest BCUT2D eigenvalue weighted by atomic mass is 16.5. The highest BCUT2D eigenvalue weighted by Gasteiger charge is 2.14. The molecule has 3 aromatic rings. The molecular formula is C24H30N4O. The standard InChI is InChI=1S/C24H30N4O/c1-26(2)23-7-4-20(5-8-23)17-28(13-3-12-27-14-11-25-19-27)18-21-6-9-24-22(16-21)10-15-29-24/h4-9,11,14,16,19H,3,10,12-13,15,17-18H2,1-2H3. The zero-order valence-electron chi connectivity index (χ0n) is 17.4. The first kappa shape index (κ1) is 19.5. The van der Waals surface area contributed by atoms with Gasteiger partial charge < -0.3 is 14.2 Å². The molecule has 0 N–H and O–H groups in total. The van der Waals surface area contributed by atoms with Crippen LogP contribution in [0.1, 0.15) is 23.1 Å². The highest BCUT2D eigenvalue weighted by Crippen LogP contribution is 2.26. The Morgan fingerprint density at radius 2 is 1.83 bits per heavy atom. The normalized spacial score (nSPS) is 12.8. The summed E-state index contributed by atoms with van der Waals surface area (Å²) >= 11 is 0. The molecule has 0 radical (unpaired) electrons. The molecule has 1 aromatic heterocycles. The number of anilines is 1. The van der Waals surface area contributed by atoms with Gasteiger partial charge in [0.2, 0.25) is 0 Å². The van der Waals surface area contributed by atoms with Crippen LogP contribution in [0.15, 0.2) is 61.2 Å². The lowest BCUT2D eigenvalue weighted by Crippen LogP contribution is -2.25. The topological polar surface area (TPSA) is 33.5 Å².